The van der Waals surface area contributed by atoms with Gasteiger partial charge in [-0.05, 0) is 29.8 Å². The van der Waals surface area contributed by atoms with Crippen LogP contribution < -0.4 is 0 Å². The van der Waals surface area contributed by atoms with Gasteiger partial charge in [0.15, 0.2) is 11.6 Å². The molecule has 2 aromatic carbocycles. The molecule has 2 saturated heterocycles. The lowest BCUT2D eigenvalue weighted by Crippen LogP contribution is -2.44. The van der Waals surface area contributed by atoms with Gasteiger partial charge in [-0.2, -0.15) is 0 Å². The maximum Gasteiger partial charge on any atom is 0.193 e. The second kappa shape index (κ2) is 7.68. The summed E-state index contributed by atoms with van der Waals surface area (Å²) in [6.45, 7) is 3.87. The van der Waals surface area contributed by atoms with Crippen molar-refractivity contribution in [1.29, 1.82) is 0 Å². The minimum absolute atomic E-state index is 0.216. The number of likely N-dealkylation sites (tertiary alicyclic amines) is 1. The number of ketones is 1. The molecule has 0 amide bonds. The Hall–Kier alpha value is -1.79. The minimum atomic E-state index is -0.513. The van der Waals surface area contributed by atoms with E-state index in [1.165, 1.54) is 18.2 Å². The van der Waals surface area contributed by atoms with Gasteiger partial charge in [0.2, 0.25) is 0 Å². The van der Waals surface area contributed by atoms with Gasteiger partial charge in [0.1, 0.15) is 5.82 Å². The van der Waals surface area contributed by atoms with E-state index in [1.54, 1.807) is 6.07 Å². The predicted octanol–water partition coefficient (Wildman–Crippen LogP) is 4.05. The van der Waals surface area contributed by atoms with E-state index in [0.29, 0.717) is 18.8 Å². The topological polar surface area (TPSA) is 38.8 Å². The molecule has 27 heavy (non-hydrogen) atoms. The lowest BCUT2D eigenvalue weighted by atomic mass is 10.00. The molecule has 0 atom stereocenters. The van der Waals surface area contributed by atoms with Gasteiger partial charge in [-0.25, -0.2) is 4.39 Å². The fraction of sp³-hybridized carbons (Fsp3) is 0.381. The van der Waals surface area contributed by atoms with Crippen LogP contribution in [0.15, 0.2) is 42.5 Å². The van der Waals surface area contributed by atoms with E-state index in [1.807, 2.05) is 18.2 Å². The van der Waals surface area contributed by atoms with Gasteiger partial charge in [-0.1, -0.05) is 29.8 Å². The minimum Gasteiger partial charge on any atom is -0.347 e. The van der Waals surface area contributed by atoms with Gasteiger partial charge in [-0.3, -0.25) is 9.69 Å². The lowest BCUT2D eigenvalue weighted by Gasteiger charge is -2.37. The third kappa shape index (κ3) is 4.22. The molecular weight excluding hydrogens is 369 g/mol. The Labute approximate surface area is 162 Å². The number of carbonyl (C=O) groups is 1. The van der Waals surface area contributed by atoms with Crippen LogP contribution in [-0.2, 0) is 16.0 Å². The summed E-state index contributed by atoms with van der Waals surface area (Å²) in [5.74, 6) is -1.13. The third-order valence-corrected chi connectivity index (χ3v) is 5.37. The molecule has 0 saturated carbocycles. The Morgan fingerprint density at radius 1 is 1.07 bits per heavy atom. The first-order valence-electron chi connectivity index (χ1n) is 9.13. The zero-order chi connectivity index (χ0) is 18.9. The molecule has 2 aromatic rings. The Morgan fingerprint density at radius 3 is 2.52 bits per heavy atom. The van der Waals surface area contributed by atoms with Crippen LogP contribution in [0.4, 0.5) is 4.39 Å². The van der Waals surface area contributed by atoms with Crippen molar-refractivity contribution in [2.75, 3.05) is 26.3 Å². The molecule has 0 bridgehead atoms. The van der Waals surface area contributed by atoms with E-state index in [4.69, 9.17) is 21.1 Å². The van der Waals surface area contributed by atoms with E-state index in [-0.39, 0.29) is 22.2 Å². The van der Waals surface area contributed by atoms with E-state index >= 15 is 0 Å². The molecule has 0 unspecified atom stereocenters. The van der Waals surface area contributed by atoms with Gasteiger partial charge < -0.3 is 9.47 Å². The van der Waals surface area contributed by atoms with Crippen LogP contribution in [0.1, 0.15) is 34.3 Å². The fourth-order valence-corrected chi connectivity index (χ4v) is 3.98. The van der Waals surface area contributed by atoms with Crippen molar-refractivity contribution < 1.29 is 18.7 Å². The second-order valence-corrected chi connectivity index (χ2v) is 7.51. The van der Waals surface area contributed by atoms with Crippen molar-refractivity contribution in [3.8, 4) is 0 Å². The molecule has 2 fully saturated rings. The first-order valence-corrected chi connectivity index (χ1v) is 9.51. The Bertz CT molecular complexity index is 821. The maximum atomic E-state index is 13.6. The summed E-state index contributed by atoms with van der Waals surface area (Å²) < 4.78 is 25.1. The first-order chi connectivity index (χ1) is 13.0. The average molecular weight is 390 g/mol. The van der Waals surface area contributed by atoms with Crippen LogP contribution >= 0.6 is 11.6 Å². The highest BCUT2D eigenvalue weighted by molar-refractivity contribution is 6.31. The van der Waals surface area contributed by atoms with Crippen molar-refractivity contribution in [1.82, 2.24) is 4.90 Å². The van der Waals surface area contributed by atoms with Gasteiger partial charge in [0.25, 0.3) is 0 Å². The van der Waals surface area contributed by atoms with Gasteiger partial charge in [0.05, 0.1) is 13.2 Å². The van der Waals surface area contributed by atoms with Crippen LogP contribution in [0.25, 0.3) is 0 Å². The van der Waals surface area contributed by atoms with E-state index in [0.717, 1.165) is 38.0 Å². The molecule has 2 aliphatic rings. The van der Waals surface area contributed by atoms with Crippen LogP contribution in [0.5, 0.6) is 0 Å². The molecule has 0 N–H and O–H groups in total. The summed E-state index contributed by atoms with van der Waals surface area (Å²) in [6.07, 6.45) is 1.71. The summed E-state index contributed by atoms with van der Waals surface area (Å²) in [5, 5.41) is 0.216. The Morgan fingerprint density at radius 2 is 1.81 bits per heavy atom. The zero-order valence-corrected chi connectivity index (χ0v) is 15.7. The summed E-state index contributed by atoms with van der Waals surface area (Å²) in [7, 11) is 0. The standard InChI is InChI=1S/C21H21ClFNO3/c22-18-11-17(12-19(23)13-18)20(25)16-3-1-2-15(10-16)14-24-6-4-21(5-7-24)26-8-9-27-21/h1-3,10-13H,4-9,14H2. The molecule has 1 spiro atoms. The molecule has 142 valence electrons. The largest absolute Gasteiger partial charge is 0.347 e. The smallest absolute Gasteiger partial charge is 0.193 e. The van der Waals surface area contributed by atoms with Crippen LogP contribution in [0.3, 0.4) is 0 Å². The van der Waals surface area contributed by atoms with Crippen molar-refractivity contribution in [2.24, 2.45) is 0 Å². The normalized spacial score (nSPS) is 19.5. The fourth-order valence-electron chi connectivity index (χ4n) is 3.76. The number of rotatable bonds is 4. The van der Waals surface area contributed by atoms with Crippen molar-refractivity contribution in [3.05, 3.63) is 70.0 Å². The first kappa shape index (κ1) is 18.6. The van der Waals surface area contributed by atoms with E-state index < -0.39 is 5.82 Å². The van der Waals surface area contributed by atoms with Gasteiger partial charge in [-0.15, -0.1) is 0 Å². The SMILES string of the molecule is O=C(c1cc(F)cc(Cl)c1)c1cccc(CN2CCC3(CC2)OCCO3)c1. The monoisotopic (exact) mass is 389 g/mol. The number of ether oxygens (including phenoxy) is 2. The van der Waals surface area contributed by atoms with E-state index in [2.05, 4.69) is 4.90 Å². The van der Waals surface area contributed by atoms with Gasteiger partial charge in [0, 0.05) is 48.6 Å². The molecule has 4 nitrogen and oxygen atoms in total. The maximum absolute atomic E-state index is 13.6. The molecule has 2 heterocycles. The highest BCUT2D eigenvalue weighted by Gasteiger charge is 2.39. The van der Waals surface area contributed by atoms with Crippen molar-refractivity contribution in [3.63, 3.8) is 0 Å². The number of piperidine rings is 1. The second-order valence-electron chi connectivity index (χ2n) is 7.07. The van der Waals surface area contributed by atoms with Crippen LogP contribution in [-0.4, -0.2) is 42.8 Å². The number of benzene rings is 2. The quantitative estimate of drug-likeness (QED) is 0.739. The number of hydrogen-bond acceptors (Lipinski definition) is 4. The predicted molar refractivity (Wildman–Crippen MR) is 100 cm³/mol. The highest BCUT2D eigenvalue weighted by atomic mass is 35.5. The summed E-state index contributed by atoms with van der Waals surface area (Å²) >= 11 is 5.87. The number of carbonyl (C=O) groups excluding carboxylic acids is 1. The lowest BCUT2D eigenvalue weighted by molar-refractivity contribution is -0.185. The van der Waals surface area contributed by atoms with Crippen molar-refractivity contribution >= 4 is 17.4 Å². The molecular formula is C21H21ClFNO3. The highest BCUT2D eigenvalue weighted by Crippen LogP contribution is 2.31. The Balaban J connectivity index is 1.44. The summed E-state index contributed by atoms with van der Waals surface area (Å²) in [5.41, 5.74) is 1.84. The van der Waals surface area contributed by atoms with Crippen molar-refractivity contribution in [2.45, 2.75) is 25.2 Å². The summed E-state index contributed by atoms with van der Waals surface area (Å²) in [4.78, 5) is 15.0. The zero-order valence-electron chi connectivity index (χ0n) is 14.9. The van der Waals surface area contributed by atoms with Crippen LogP contribution in [0.2, 0.25) is 5.02 Å². The van der Waals surface area contributed by atoms with E-state index in [9.17, 15) is 9.18 Å². The molecule has 0 radical (unpaired) electrons. The summed E-state index contributed by atoms with van der Waals surface area (Å²) in [6, 6.07) is 11.4. The number of hydrogen-bond donors (Lipinski definition) is 0. The molecule has 6 heteroatoms. The molecule has 0 aliphatic carbocycles. The molecule has 2 aliphatic heterocycles. The Kier molecular flexibility index (Phi) is 5.28. The molecule has 0 aromatic heterocycles. The molecule has 4 rings (SSSR count). The number of nitrogens with zero attached hydrogens (tertiary/aromatic N) is 1. The number of halogens is 2. The average Bonchev–Trinajstić information content (AvgIpc) is 3.11. The van der Waals surface area contributed by atoms with Gasteiger partial charge >= 0.3 is 0 Å². The van der Waals surface area contributed by atoms with Crippen LogP contribution in [0, 0.1) is 5.82 Å². The third-order valence-electron chi connectivity index (χ3n) is 5.15.